The van der Waals surface area contributed by atoms with Crippen molar-refractivity contribution < 1.29 is 5.11 Å². The Kier molecular flexibility index (Phi) is 3.52. The predicted molar refractivity (Wildman–Crippen MR) is 64.9 cm³/mol. The lowest BCUT2D eigenvalue weighted by Crippen LogP contribution is -2.46. The Hall–Kier alpha value is -0.0800. The molecule has 1 heterocycles. The van der Waals surface area contributed by atoms with Crippen LogP contribution in [0.4, 0.5) is 0 Å². The van der Waals surface area contributed by atoms with Crippen molar-refractivity contribution in [3.05, 3.63) is 0 Å². The minimum absolute atomic E-state index is 0.128. The summed E-state index contributed by atoms with van der Waals surface area (Å²) in [6.07, 6.45) is 1.98. The summed E-state index contributed by atoms with van der Waals surface area (Å²) in [6, 6.07) is 0.542. The van der Waals surface area contributed by atoms with Crippen molar-refractivity contribution in [1.82, 2.24) is 4.90 Å². The smallest absolute Gasteiger partial charge is 0.0682 e. The van der Waals surface area contributed by atoms with Gasteiger partial charge in [-0.25, -0.2) is 0 Å². The van der Waals surface area contributed by atoms with Crippen LogP contribution in [0.5, 0.6) is 0 Å². The lowest BCUT2D eigenvalue weighted by atomic mass is 9.86. The normalized spacial score (nSPS) is 29.8. The molecule has 0 radical (unpaired) electrons. The average Bonchev–Trinajstić information content (AvgIpc) is 2.25. The van der Waals surface area contributed by atoms with Crippen molar-refractivity contribution >= 4 is 0 Å². The molecule has 1 aliphatic heterocycles. The zero-order valence-corrected chi connectivity index (χ0v) is 11.2. The molecule has 0 amide bonds. The summed E-state index contributed by atoms with van der Waals surface area (Å²) < 4.78 is 0. The van der Waals surface area contributed by atoms with E-state index in [-0.39, 0.29) is 11.6 Å². The molecule has 1 aliphatic rings. The molecule has 1 N–H and O–H groups in total. The Morgan fingerprint density at radius 1 is 1.13 bits per heavy atom. The summed E-state index contributed by atoms with van der Waals surface area (Å²) in [5, 5.41) is 9.79. The van der Waals surface area contributed by atoms with Gasteiger partial charge in [-0.2, -0.15) is 0 Å². The van der Waals surface area contributed by atoms with E-state index in [0.717, 1.165) is 13.0 Å². The summed E-state index contributed by atoms with van der Waals surface area (Å²) in [5.41, 5.74) is 0.519. The second kappa shape index (κ2) is 4.06. The Labute approximate surface area is 94.7 Å². The highest BCUT2D eigenvalue weighted by Crippen LogP contribution is 2.34. The van der Waals surface area contributed by atoms with Crippen molar-refractivity contribution in [2.75, 3.05) is 6.54 Å². The van der Waals surface area contributed by atoms with Gasteiger partial charge in [0.1, 0.15) is 0 Å². The second-order valence-corrected chi connectivity index (χ2v) is 7.13. The van der Waals surface area contributed by atoms with Gasteiger partial charge in [0.05, 0.1) is 6.10 Å². The fraction of sp³-hybridized carbons (Fsp3) is 1.00. The fourth-order valence-corrected chi connectivity index (χ4v) is 2.61. The van der Waals surface area contributed by atoms with Crippen LogP contribution in [0.15, 0.2) is 0 Å². The molecule has 2 atom stereocenters. The highest BCUT2D eigenvalue weighted by molar-refractivity contribution is 4.93. The Balaban J connectivity index is 2.70. The monoisotopic (exact) mass is 213 g/mol. The number of likely N-dealkylation sites (tertiary alicyclic amines) is 1. The van der Waals surface area contributed by atoms with Crippen molar-refractivity contribution in [1.29, 1.82) is 0 Å². The summed E-state index contributed by atoms with van der Waals surface area (Å²) in [5.74, 6) is 0. The van der Waals surface area contributed by atoms with Gasteiger partial charge in [0.2, 0.25) is 0 Å². The molecule has 1 rings (SSSR count). The maximum Gasteiger partial charge on any atom is 0.0682 e. The molecule has 1 saturated heterocycles. The van der Waals surface area contributed by atoms with E-state index in [2.05, 4.69) is 46.4 Å². The van der Waals surface area contributed by atoms with Crippen molar-refractivity contribution in [2.45, 2.75) is 72.1 Å². The van der Waals surface area contributed by atoms with E-state index in [0.29, 0.717) is 11.5 Å². The molecule has 0 unspecified atom stereocenters. The van der Waals surface area contributed by atoms with Gasteiger partial charge in [-0.1, -0.05) is 20.8 Å². The van der Waals surface area contributed by atoms with E-state index in [1.807, 2.05) is 0 Å². The van der Waals surface area contributed by atoms with E-state index < -0.39 is 0 Å². The zero-order valence-electron chi connectivity index (χ0n) is 11.2. The van der Waals surface area contributed by atoms with Gasteiger partial charge in [-0.3, -0.25) is 4.90 Å². The van der Waals surface area contributed by atoms with Gasteiger partial charge < -0.3 is 5.11 Å². The SMILES string of the molecule is CC(C)(C)C[C@@H]1C[C@H](O)CN1C(C)(C)C. The van der Waals surface area contributed by atoms with Gasteiger partial charge in [0.25, 0.3) is 0 Å². The fourth-order valence-electron chi connectivity index (χ4n) is 2.61. The first kappa shape index (κ1) is 13.0. The summed E-state index contributed by atoms with van der Waals surface area (Å²) >= 11 is 0. The second-order valence-electron chi connectivity index (χ2n) is 7.13. The van der Waals surface area contributed by atoms with Crippen LogP contribution in [-0.4, -0.2) is 34.2 Å². The molecule has 0 aromatic rings. The molecule has 0 aromatic carbocycles. The number of aliphatic hydroxyl groups excluding tert-OH is 1. The van der Waals surface area contributed by atoms with Gasteiger partial charge in [-0.05, 0) is 39.0 Å². The van der Waals surface area contributed by atoms with Crippen LogP contribution in [0.1, 0.15) is 54.4 Å². The maximum absolute atomic E-state index is 9.79. The van der Waals surface area contributed by atoms with Crippen LogP contribution < -0.4 is 0 Å². The standard InChI is InChI=1S/C13H27NO/c1-12(2,3)8-10-7-11(15)9-14(10)13(4,5)6/h10-11,15H,7-9H2,1-6H3/t10-,11-/m0/s1. The molecule has 15 heavy (non-hydrogen) atoms. The first-order chi connectivity index (χ1) is 6.59. The van der Waals surface area contributed by atoms with Gasteiger partial charge in [0, 0.05) is 18.1 Å². The van der Waals surface area contributed by atoms with Crippen molar-refractivity contribution in [3.63, 3.8) is 0 Å². The van der Waals surface area contributed by atoms with Crippen LogP contribution >= 0.6 is 0 Å². The topological polar surface area (TPSA) is 23.5 Å². The molecule has 0 spiro atoms. The third-order valence-electron chi connectivity index (χ3n) is 3.10. The largest absolute Gasteiger partial charge is 0.392 e. The van der Waals surface area contributed by atoms with Crippen molar-refractivity contribution in [2.24, 2.45) is 5.41 Å². The number of β-amino-alcohol motifs (C(OH)–C–C–N with tert-alkyl or cyclic N) is 1. The number of rotatable bonds is 1. The first-order valence-electron chi connectivity index (χ1n) is 6.04. The van der Waals surface area contributed by atoms with Crippen LogP contribution in [0.2, 0.25) is 0 Å². The van der Waals surface area contributed by atoms with E-state index >= 15 is 0 Å². The third kappa shape index (κ3) is 3.76. The molecule has 0 saturated carbocycles. The molecule has 0 bridgehead atoms. The van der Waals surface area contributed by atoms with Crippen LogP contribution in [0, 0.1) is 5.41 Å². The van der Waals surface area contributed by atoms with Gasteiger partial charge in [0.15, 0.2) is 0 Å². The molecule has 2 heteroatoms. The van der Waals surface area contributed by atoms with E-state index in [4.69, 9.17) is 0 Å². The minimum Gasteiger partial charge on any atom is -0.392 e. The summed E-state index contributed by atoms with van der Waals surface area (Å²) in [6.45, 7) is 14.4. The Bertz CT molecular complexity index is 212. The van der Waals surface area contributed by atoms with Crippen LogP contribution in [0.25, 0.3) is 0 Å². The number of aliphatic hydroxyl groups is 1. The molecule has 0 aliphatic carbocycles. The molecular weight excluding hydrogens is 186 g/mol. The zero-order chi connectivity index (χ0) is 11.9. The van der Waals surface area contributed by atoms with Crippen molar-refractivity contribution in [3.8, 4) is 0 Å². The van der Waals surface area contributed by atoms with E-state index in [9.17, 15) is 5.11 Å². The maximum atomic E-state index is 9.79. The minimum atomic E-state index is -0.128. The quantitative estimate of drug-likeness (QED) is 0.724. The highest BCUT2D eigenvalue weighted by Gasteiger charge is 2.38. The molecule has 1 fully saturated rings. The molecule has 90 valence electrons. The summed E-state index contributed by atoms with van der Waals surface area (Å²) in [7, 11) is 0. The van der Waals surface area contributed by atoms with Gasteiger partial charge in [-0.15, -0.1) is 0 Å². The Morgan fingerprint density at radius 3 is 2.07 bits per heavy atom. The highest BCUT2D eigenvalue weighted by atomic mass is 16.3. The predicted octanol–water partition coefficient (Wildman–Crippen LogP) is 2.66. The molecule has 2 nitrogen and oxygen atoms in total. The number of nitrogens with zero attached hydrogens (tertiary/aromatic N) is 1. The lowest BCUT2D eigenvalue weighted by molar-refractivity contribution is 0.0863. The third-order valence-corrected chi connectivity index (χ3v) is 3.10. The molecular formula is C13H27NO. The number of hydrogen-bond acceptors (Lipinski definition) is 2. The number of hydrogen-bond donors (Lipinski definition) is 1. The van der Waals surface area contributed by atoms with E-state index in [1.165, 1.54) is 6.42 Å². The Morgan fingerprint density at radius 2 is 1.67 bits per heavy atom. The lowest BCUT2D eigenvalue weighted by Gasteiger charge is -2.39. The molecule has 0 aromatic heterocycles. The van der Waals surface area contributed by atoms with Crippen LogP contribution in [0.3, 0.4) is 0 Å². The van der Waals surface area contributed by atoms with E-state index in [1.54, 1.807) is 0 Å². The first-order valence-corrected chi connectivity index (χ1v) is 6.04. The average molecular weight is 213 g/mol. The summed E-state index contributed by atoms with van der Waals surface area (Å²) in [4.78, 5) is 2.46. The van der Waals surface area contributed by atoms with Crippen LogP contribution in [-0.2, 0) is 0 Å². The van der Waals surface area contributed by atoms with Gasteiger partial charge >= 0.3 is 0 Å².